The first-order valence-electron chi connectivity index (χ1n) is 7.61. The predicted molar refractivity (Wildman–Crippen MR) is 89.2 cm³/mol. The number of amides is 1. The third-order valence-electron chi connectivity index (χ3n) is 3.71. The lowest BCUT2D eigenvalue weighted by Gasteiger charge is -2.15. The van der Waals surface area contributed by atoms with Crippen LogP contribution in [0.2, 0.25) is 0 Å². The van der Waals surface area contributed by atoms with Crippen LogP contribution in [0.3, 0.4) is 0 Å². The molecule has 3 heterocycles. The van der Waals surface area contributed by atoms with Crippen LogP contribution in [0.5, 0.6) is 0 Å². The highest BCUT2D eigenvalue weighted by atomic mass is 16.2. The standard InChI is InChI=1S/C17H18N6O/c1-10-8-15(23-22-10)17(24)21-12(3)14-9-19-16(20-11(14)2)13-4-6-18-7-5-13/h4-9,12H,1-3H3,(H,21,24)(H,22,23)/t12-/m1/s1. The Morgan fingerprint density at radius 1 is 1.25 bits per heavy atom. The average Bonchev–Trinajstić information content (AvgIpc) is 3.02. The van der Waals surface area contributed by atoms with Crippen LogP contribution in [-0.2, 0) is 0 Å². The Morgan fingerprint density at radius 2 is 2.00 bits per heavy atom. The molecule has 2 N–H and O–H groups in total. The highest BCUT2D eigenvalue weighted by Gasteiger charge is 2.16. The van der Waals surface area contributed by atoms with Crippen LogP contribution < -0.4 is 5.32 Å². The smallest absolute Gasteiger partial charge is 0.272 e. The second-order valence-electron chi connectivity index (χ2n) is 5.60. The van der Waals surface area contributed by atoms with E-state index in [9.17, 15) is 4.79 Å². The molecule has 0 saturated carbocycles. The van der Waals surface area contributed by atoms with Gasteiger partial charge in [0.05, 0.1) is 6.04 Å². The minimum absolute atomic E-state index is 0.221. The second kappa shape index (κ2) is 6.57. The van der Waals surface area contributed by atoms with Gasteiger partial charge in [-0.3, -0.25) is 14.9 Å². The van der Waals surface area contributed by atoms with Crippen LogP contribution in [0.15, 0.2) is 36.8 Å². The molecular formula is C17H18N6O. The van der Waals surface area contributed by atoms with E-state index in [2.05, 4.69) is 30.5 Å². The van der Waals surface area contributed by atoms with Crippen molar-refractivity contribution in [2.75, 3.05) is 0 Å². The summed E-state index contributed by atoms with van der Waals surface area (Å²) in [7, 11) is 0. The topological polar surface area (TPSA) is 96.5 Å². The molecule has 7 heteroatoms. The number of hydrogen-bond acceptors (Lipinski definition) is 5. The molecule has 3 aromatic heterocycles. The quantitative estimate of drug-likeness (QED) is 0.768. The molecule has 0 radical (unpaired) electrons. The van der Waals surface area contributed by atoms with Gasteiger partial charge in [0.15, 0.2) is 5.82 Å². The monoisotopic (exact) mass is 322 g/mol. The average molecular weight is 322 g/mol. The van der Waals surface area contributed by atoms with E-state index in [-0.39, 0.29) is 11.9 Å². The molecule has 0 aliphatic heterocycles. The number of nitrogens with one attached hydrogen (secondary N) is 2. The van der Waals surface area contributed by atoms with Crippen molar-refractivity contribution in [1.29, 1.82) is 0 Å². The molecule has 0 unspecified atom stereocenters. The lowest BCUT2D eigenvalue weighted by Crippen LogP contribution is -2.27. The number of hydrogen-bond donors (Lipinski definition) is 2. The molecule has 0 spiro atoms. The summed E-state index contributed by atoms with van der Waals surface area (Å²) in [6.07, 6.45) is 5.16. The van der Waals surface area contributed by atoms with E-state index in [1.807, 2.05) is 32.9 Å². The Morgan fingerprint density at radius 3 is 2.62 bits per heavy atom. The largest absolute Gasteiger partial charge is 0.344 e. The summed E-state index contributed by atoms with van der Waals surface area (Å²) in [6.45, 7) is 5.65. The Balaban J connectivity index is 1.78. The predicted octanol–water partition coefficient (Wildman–Crippen LogP) is 2.37. The lowest BCUT2D eigenvalue weighted by molar-refractivity contribution is 0.0934. The molecule has 0 aliphatic rings. The molecule has 3 aromatic rings. The number of rotatable bonds is 4. The third kappa shape index (κ3) is 3.29. The summed E-state index contributed by atoms with van der Waals surface area (Å²) in [5.41, 5.74) is 3.81. The highest BCUT2D eigenvalue weighted by molar-refractivity contribution is 5.92. The summed E-state index contributed by atoms with van der Waals surface area (Å²) in [5, 5.41) is 9.64. The zero-order chi connectivity index (χ0) is 17.1. The molecule has 0 aromatic carbocycles. The molecule has 0 aliphatic carbocycles. The lowest BCUT2D eigenvalue weighted by atomic mass is 10.1. The number of H-pyrrole nitrogens is 1. The van der Waals surface area contributed by atoms with Gasteiger partial charge in [-0.05, 0) is 39.0 Å². The Hall–Kier alpha value is -3.09. The number of pyridine rings is 1. The molecule has 1 atom stereocenters. The molecule has 3 rings (SSSR count). The van der Waals surface area contributed by atoms with Crippen LogP contribution >= 0.6 is 0 Å². The van der Waals surface area contributed by atoms with Gasteiger partial charge in [-0.25, -0.2) is 9.97 Å². The maximum absolute atomic E-state index is 12.2. The van der Waals surface area contributed by atoms with Crippen molar-refractivity contribution >= 4 is 5.91 Å². The van der Waals surface area contributed by atoms with Crippen LogP contribution in [0, 0.1) is 13.8 Å². The minimum atomic E-state index is -0.232. The van der Waals surface area contributed by atoms with E-state index >= 15 is 0 Å². The summed E-state index contributed by atoms with van der Waals surface area (Å²) in [5.74, 6) is 0.407. The molecule has 0 bridgehead atoms. The van der Waals surface area contributed by atoms with E-state index < -0.39 is 0 Å². The number of nitrogens with zero attached hydrogens (tertiary/aromatic N) is 4. The zero-order valence-corrected chi connectivity index (χ0v) is 13.7. The van der Waals surface area contributed by atoms with Gasteiger partial charge in [-0.1, -0.05) is 0 Å². The van der Waals surface area contributed by atoms with Crippen LogP contribution in [0.25, 0.3) is 11.4 Å². The Kier molecular flexibility index (Phi) is 4.33. The number of aryl methyl sites for hydroxylation is 2. The van der Waals surface area contributed by atoms with Gasteiger partial charge < -0.3 is 5.32 Å². The molecule has 0 saturated heterocycles. The fourth-order valence-electron chi connectivity index (χ4n) is 2.42. The normalized spacial score (nSPS) is 12.0. The van der Waals surface area contributed by atoms with E-state index in [1.165, 1.54) is 0 Å². The van der Waals surface area contributed by atoms with E-state index in [0.29, 0.717) is 11.5 Å². The van der Waals surface area contributed by atoms with Crippen molar-refractivity contribution in [2.45, 2.75) is 26.8 Å². The van der Waals surface area contributed by atoms with Crippen molar-refractivity contribution in [3.63, 3.8) is 0 Å². The fourth-order valence-corrected chi connectivity index (χ4v) is 2.42. The molecule has 7 nitrogen and oxygen atoms in total. The van der Waals surface area contributed by atoms with Crippen LogP contribution in [0.4, 0.5) is 0 Å². The van der Waals surface area contributed by atoms with Crippen molar-refractivity contribution in [2.24, 2.45) is 0 Å². The maximum atomic E-state index is 12.2. The van der Waals surface area contributed by atoms with Gasteiger partial charge in [0.1, 0.15) is 5.69 Å². The van der Waals surface area contributed by atoms with Gasteiger partial charge in [0.2, 0.25) is 0 Å². The van der Waals surface area contributed by atoms with Crippen LogP contribution in [-0.4, -0.2) is 31.1 Å². The summed E-state index contributed by atoms with van der Waals surface area (Å²) < 4.78 is 0. The van der Waals surface area contributed by atoms with Crippen molar-refractivity contribution in [3.05, 3.63) is 59.4 Å². The van der Waals surface area contributed by atoms with Gasteiger partial charge in [0.25, 0.3) is 5.91 Å². The van der Waals surface area contributed by atoms with Crippen LogP contribution in [0.1, 0.15) is 40.4 Å². The summed E-state index contributed by atoms with van der Waals surface area (Å²) in [4.78, 5) is 25.1. The Labute approximate surface area is 139 Å². The number of aromatic nitrogens is 5. The minimum Gasteiger partial charge on any atom is -0.344 e. The first kappa shape index (κ1) is 15.8. The molecule has 1 amide bonds. The second-order valence-corrected chi connectivity index (χ2v) is 5.60. The fraction of sp³-hybridized carbons (Fsp3) is 0.235. The summed E-state index contributed by atoms with van der Waals surface area (Å²) in [6, 6.07) is 5.21. The molecular weight excluding hydrogens is 304 g/mol. The van der Waals surface area contributed by atoms with Crippen molar-refractivity contribution < 1.29 is 4.79 Å². The molecule has 122 valence electrons. The van der Waals surface area contributed by atoms with Gasteiger partial charge in [-0.2, -0.15) is 5.10 Å². The first-order valence-corrected chi connectivity index (χ1v) is 7.61. The maximum Gasteiger partial charge on any atom is 0.272 e. The molecule has 0 fully saturated rings. The van der Waals surface area contributed by atoms with Crippen molar-refractivity contribution in [1.82, 2.24) is 30.5 Å². The first-order chi connectivity index (χ1) is 11.5. The van der Waals surface area contributed by atoms with Gasteiger partial charge >= 0.3 is 0 Å². The zero-order valence-electron chi connectivity index (χ0n) is 13.7. The highest BCUT2D eigenvalue weighted by Crippen LogP contribution is 2.19. The molecule has 24 heavy (non-hydrogen) atoms. The SMILES string of the molecule is Cc1cc(C(=O)N[C@H](C)c2cnc(-c3ccncc3)nc2C)n[nH]1. The Bertz CT molecular complexity index is 859. The number of aromatic amines is 1. The number of carbonyl (C=O) groups is 1. The third-order valence-corrected chi connectivity index (χ3v) is 3.71. The van der Waals surface area contributed by atoms with E-state index in [4.69, 9.17) is 0 Å². The van der Waals surface area contributed by atoms with E-state index in [1.54, 1.807) is 24.7 Å². The van der Waals surface area contributed by atoms with Crippen molar-refractivity contribution in [3.8, 4) is 11.4 Å². The van der Waals surface area contributed by atoms with Gasteiger partial charge in [-0.15, -0.1) is 0 Å². The number of carbonyl (C=O) groups excluding carboxylic acids is 1. The summed E-state index contributed by atoms with van der Waals surface area (Å²) >= 11 is 0. The van der Waals surface area contributed by atoms with E-state index in [0.717, 1.165) is 22.5 Å². The van der Waals surface area contributed by atoms with Gasteiger partial charge in [0, 0.05) is 41.1 Å².